The number of aryl methyl sites for hydroxylation is 4. The maximum Gasteiger partial charge on any atom is 0.0738 e. The molecule has 0 radical (unpaired) electrons. The molecule has 12 rings (SSSR count). The van der Waals surface area contributed by atoms with Crippen LogP contribution in [0, 0.1) is 40.0 Å². The number of allylic oxidation sites excluding steroid dienone is 5. The molecule has 0 aliphatic heterocycles. The molecular weight excluding hydrogens is 843 g/mol. The van der Waals surface area contributed by atoms with Gasteiger partial charge in [-0.25, -0.2) is 0 Å². The van der Waals surface area contributed by atoms with Crippen molar-refractivity contribution in [2.45, 2.75) is 59.8 Å². The fourth-order valence-corrected chi connectivity index (χ4v) is 11.2. The first-order chi connectivity index (χ1) is 34.3. The summed E-state index contributed by atoms with van der Waals surface area (Å²) < 4.78 is 2.46. The third-order valence-electron chi connectivity index (χ3n) is 14.4. The van der Waals surface area contributed by atoms with Crippen molar-refractivity contribution in [2.24, 2.45) is 0 Å². The Morgan fingerprint density at radius 2 is 1.19 bits per heavy atom. The van der Waals surface area contributed by atoms with Gasteiger partial charge >= 0.3 is 0 Å². The highest BCUT2D eigenvalue weighted by Gasteiger charge is 2.53. The minimum atomic E-state index is -0.542. The van der Waals surface area contributed by atoms with E-state index >= 15 is 0 Å². The molecule has 9 aromatic rings. The highest BCUT2D eigenvalue weighted by molar-refractivity contribution is 6.14. The molecule has 0 saturated heterocycles. The van der Waals surface area contributed by atoms with Crippen molar-refractivity contribution in [3.8, 4) is 40.3 Å². The van der Waals surface area contributed by atoms with Crippen molar-refractivity contribution < 1.29 is 0 Å². The average molecular weight is 902 g/mol. The zero-order valence-electron chi connectivity index (χ0n) is 41.2. The van der Waals surface area contributed by atoms with E-state index < -0.39 is 5.41 Å². The molecule has 1 atom stereocenters. The van der Waals surface area contributed by atoms with Crippen molar-refractivity contribution in [1.29, 1.82) is 0 Å². The van der Waals surface area contributed by atoms with Crippen LogP contribution in [-0.4, -0.2) is 4.57 Å². The van der Waals surface area contributed by atoms with Crippen LogP contribution in [0.2, 0.25) is 0 Å². The zero-order chi connectivity index (χ0) is 48.4. The van der Waals surface area contributed by atoms with E-state index in [9.17, 15) is 0 Å². The van der Waals surface area contributed by atoms with Gasteiger partial charge in [0.15, 0.2) is 0 Å². The van der Waals surface area contributed by atoms with Crippen LogP contribution in [0.5, 0.6) is 0 Å². The lowest BCUT2D eigenvalue weighted by molar-refractivity contribution is 0.839. The maximum absolute atomic E-state index is 6.51. The lowest BCUT2D eigenvalue weighted by Gasteiger charge is -2.34. The number of benzene rings is 8. The summed E-state index contributed by atoms with van der Waals surface area (Å²) in [5.74, 6) is 3.21. The summed E-state index contributed by atoms with van der Waals surface area (Å²) in [6, 6.07) is 65.9. The van der Waals surface area contributed by atoms with E-state index in [4.69, 9.17) is 6.42 Å². The van der Waals surface area contributed by atoms with E-state index in [2.05, 4.69) is 252 Å². The highest BCUT2D eigenvalue weighted by atomic mass is 15.0. The molecule has 0 amide bonds. The minimum Gasteiger partial charge on any atom is -0.313 e. The molecule has 1 heteroatoms. The quantitative estimate of drug-likeness (QED) is 0.152. The topological polar surface area (TPSA) is 4.93 Å². The number of fused-ring (bicyclic) bond motifs is 9. The van der Waals surface area contributed by atoms with E-state index in [0.29, 0.717) is 0 Å². The fraction of sp³-hybridized carbons (Fsp3) is 0.130. The van der Waals surface area contributed by atoms with Gasteiger partial charge in [-0.05, 0) is 156 Å². The van der Waals surface area contributed by atoms with Crippen molar-refractivity contribution in [3.63, 3.8) is 0 Å². The molecule has 3 aliphatic carbocycles. The fourth-order valence-electron chi connectivity index (χ4n) is 11.2. The minimum absolute atomic E-state index is 0.542. The number of rotatable bonds is 5. The van der Waals surface area contributed by atoms with Crippen molar-refractivity contribution in [2.75, 3.05) is 0 Å². The van der Waals surface area contributed by atoms with E-state index in [1.165, 1.54) is 111 Å². The second-order valence-corrected chi connectivity index (χ2v) is 18.7. The number of hydrogen-bond acceptors (Lipinski definition) is 0. The van der Waals surface area contributed by atoms with Gasteiger partial charge in [0, 0.05) is 28.1 Å². The van der Waals surface area contributed by atoms with Gasteiger partial charge in [-0.2, -0.15) is 0 Å². The van der Waals surface area contributed by atoms with Gasteiger partial charge in [-0.1, -0.05) is 211 Å². The van der Waals surface area contributed by atoms with Crippen molar-refractivity contribution in [1.82, 2.24) is 4.57 Å². The normalized spacial score (nSPS) is 15.0. The summed E-state index contributed by atoms with van der Waals surface area (Å²) in [7, 11) is 0. The molecule has 3 aliphatic rings. The molecule has 0 fully saturated rings. The van der Waals surface area contributed by atoms with Crippen LogP contribution in [0.25, 0.3) is 68.1 Å². The molecule has 0 saturated carbocycles. The number of aromatic nitrogens is 1. The van der Waals surface area contributed by atoms with Gasteiger partial charge in [0.25, 0.3) is 0 Å². The monoisotopic (exact) mass is 901 g/mol. The predicted molar refractivity (Wildman–Crippen MR) is 301 cm³/mol. The number of terminal acetylenes is 1. The first-order valence-corrected chi connectivity index (χ1v) is 24.7. The van der Waals surface area contributed by atoms with Gasteiger partial charge in [0.05, 0.1) is 11.1 Å². The molecule has 340 valence electrons. The third-order valence-corrected chi connectivity index (χ3v) is 14.4. The summed E-state index contributed by atoms with van der Waals surface area (Å²) in [6.07, 6.45) is 22.0. The lowest BCUT2D eigenvalue weighted by atomic mass is 9.67. The van der Waals surface area contributed by atoms with Gasteiger partial charge in [-0.15, -0.1) is 6.42 Å². The van der Waals surface area contributed by atoms with Crippen LogP contribution in [-0.2, 0) is 11.8 Å². The van der Waals surface area contributed by atoms with Crippen LogP contribution in [0.3, 0.4) is 0 Å². The number of hydrogen-bond donors (Lipinski definition) is 0. The number of nitrogens with zero attached hydrogens (tertiary/aromatic N) is 1. The van der Waals surface area contributed by atoms with Gasteiger partial charge in [0.1, 0.15) is 0 Å². The van der Waals surface area contributed by atoms with Gasteiger partial charge in [0.2, 0.25) is 0 Å². The summed E-state index contributed by atoms with van der Waals surface area (Å²) >= 11 is 0. The summed E-state index contributed by atoms with van der Waals surface area (Å²) in [5, 5.41) is 2.68. The van der Waals surface area contributed by atoms with Gasteiger partial charge < -0.3 is 4.57 Å². The van der Waals surface area contributed by atoms with Crippen LogP contribution in [0.4, 0.5) is 0 Å². The largest absolute Gasteiger partial charge is 0.313 e. The Balaban J connectivity index is 0.000000262. The standard InChI is InChI=1S/C51H41N.C11H10.C7H8/c1-6-15-43-44-20-12-14-22-49(44)52(48(43)16-7-2)37-27-24-35(25-28-37)36-26-30-42-40-19-11-13-21-45(40)51(47(42)32-36)46-31-33(4)23-29-41(46)38(8-3)50(51)39-18-10-9-17-34(39)5;1-9-5-4-7-10-6-2-3-8-11(9)10;1-7-5-3-2-4-6-7/h3,6-7,9-13,15-21,23-32H,14,22H2,1-2,4-5H3;2-8H,1H3;2-6H,1H3/b15-6-,16-7-;;. The molecule has 8 aromatic carbocycles. The van der Waals surface area contributed by atoms with Crippen LogP contribution >= 0.6 is 0 Å². The van der Waals surface area contributed by atoms with Crippen LogP contribution in [0.15, 0.2) is 200 Å². The maximum atomic E-state index is 6.51. The van der Waals surface area contributed by atoms with Crippen molar-refractivity contribution in [3.05, 3.63) is 273 Å². The zero-order valence-corrected chi connectivity index (χ0v) is 41.2. The second kappa shape index (κ2) is 19.4. The molecule has 70 heavy (non-hydrogen) atoms. The average Bonchev–Trinajstić information content (AvgIpc) is 3.98. The molecular formula is C69H59N. The van der Waals surface area contributed by atoms with Crippen LogP contribution in [0.1, 0.15) is 92.9 Å². The van der Waals surface area contributed by atoms with Crippen molar-refractivity contribution >= 4 is 40.1 Å². The summed E-state index contributed by atoms with van der Waals surface area (Å²) in [4.78, 5) is 0. The molecule has 1 unspecified atom stereocenters. The smallest absolute Gasteiger partial charge is 0.0738 e. The second-order valence-electron chi connectivity index (χ2n) is 18.7. The SMILES string of the molecule is C#CC1=C(c2ccccc2C)C2(c3cc(C)ccc31)c1ccccc1-c1ccc(-c3ccc(-n4c(/C=C\C)c(/C=C\C)c5c4CCC=C5)cc3)cc12.Cc1cccc2ccccc12.Cc1ccccc1. The first kappa shape index (κ1) is 45.6. The Morgan fingerprint density at radius 1 is 0.543 bits per heavy atom. The third kappa shape index (κ3) is 7.90. The van der Waals surface area contributed by atoms with E-state index in [1.807, 2.05) is 18.2 Å². The van der Waals surface area contributed by atoms with E-state index in [0.717, 1.165) is 24.0 Å². The highest BCUT2D eigenvalue weighted by Crippen LogP contribution is 2.65. The summed E-state index contributed by atoms with van der Waals surface area (Å²) in [6.45, 7) is 12.8. The Bertz CT molecular complexity index is 3590. The Labute approximate surface area is 415 Å². The first-order valence-electron chi connectivity index (χ1n) is 24.7. The van der Waals surface area contributed by atoms with E-state index in [1.54, 1.807) is 0 Å². The molecule has 1 heterocycles. The Kier molecular flexibility index (Phi) is 12.7. The molecule has 1 nitrogen and oxygen atoms in total. The molecule has 0 N–H and O–H groups in total. The molecule has 1 spiro atoms. The predicted octanol–water partition coefficient (Wildman–Crippen LogP) is 17.8. The Morgan fingerprint density at radius 3 is 1.91 bits per heavy atom. The Hall–Kier alpha value is -8.18. The van der Waals surface area contributed by atoms with Gasteiger partial charge in [-0.3, -0.25) is 0 Å². The molecule has 0 bridgehead atoms. The summed E-state index contributed by atoms with van der Waals surface area (Å²) in [5.41, 5.74) is 24.4. The van der Waals surface area contributed by atoms with E-state index in [-0.39, 0.29) is 0 Å². The lowest BCUT2D eigenvalue weighted by Crippen LogP contribution is -2.27. The van der Waals surface area contributed by atoms with Crippen LogP contribution < -0.4 is 0 Å². The molecule has 1 aromatic heterocycles.